The highest BCUT2D eigenvalue weighted by atomic mass is 79.9. The van der Waals surface area contributed by atoms with Crippen LogP contribution in [0.1, 0.15) is 13.3 Å². The van der Waals surface area contributed by atoms with Gasteiger partial charge in [0.1, 0.15) is 22.4 Å². The zero-order chi connectivity index (χ0) is 12.0. The summed E-state index contributed by atoms with van der Waals surface area (Å²) in [5, 5.41) is 6.09. The smallest absolute Gasteiger partial charge is 0.219 e. The number of nitrogens with zero attached hydrogens (tertiary/aromatic N) is 2. The van der Waals surface area contributed by atoms with E-state index in [9.17, 15) is 4.79 Å². The van der Waals surface area contributed by atoms with Gasteiger partial charge in [-0.3, -0.25) is 4.79 Å². The normalized spacial score (nSPS) is 9.88. The standard InChI is InChI=1S/C9H14BrN5O/c1-2-12-8-7(10)9(15-5-14-8)13-4-3-6(11)16/h5H,2-4H2,1H3,(H2,11,16)(H2,12,13,14,15). The van der Waals surface area contributed by atoms with Crippen molar-refractivity contribution in [3.8, 4) is 0 Å². The predicted molar refractivity (Wildman–Crippen MR) is 66.2 cm³/mol. The van der Waals surface area contributed by atoms with Gasteiger partial charge in [-0.05, 0) is 22.9 Å². The Balaban J connectivity index is 2.65. The SMILES string of the molecule is CCNc1ncnc(NCCC(N)=O)c1Br. The molecule has 0 bridgehead atoms. The zero-order valence-electron chi connectivity index (χ0n) is 8.96. The fourth-order valence-electron chi connectivity index (χ4n) is 1.09. The van der Waals surface area contributed by atoms with Crippen LogP contribution in [-0.4, -0.2) is 29.0 Å². The summed E-state index contributed by atoms with van der Waals surface area (Å²) in [6, 6.07) is 0. The van der Waals surface area contributed by atoms with Crippen LogP contribution in [0.3, 0.4) is 0 Å². The molecule has 0 fully saturated rings. The van der Waals surface area contributed by atoms with Crippen LogP contribution in [0.15, 0.2) is 10.8 Å². The van der Waals surface area contributed by atoms with Gasteiger partial charge in [0, 0.05) is 19.5 Å². The van der Waals surface area contributed by atoms with Gasteiger partial charge in [0.15, 0.2) is 0 Å². The maximum Gasteiger partial charge on any atom is 0.219 e. The van der Waals surface area contributed by atoms with Gasteiger partial charge in [-0.25, -0.2) is 9.97 Å². The van der Waals surface area contributed by atoms with E-state index < -0.39 is 0 Å². The Morgan fingerprint density at radius 1 is 1.44 bits per heavy atom. The molecule has 0 aliphatic carbocycles. The van der Waals surface area contributed by atoms with Gasteiger partial charge in [0.25, 0.3) is 0 Å². The second-order valence-corrected chi connectivity index (χ2v) is 3.85. The predicted octanol–water partition coefficient (Wildman–Crippen LogP) is 0.958. The molecule has 0 atom stereocenters. The molecule has 0 unspecified atom stereocenters. The number of aromatic nitrogens is 2. The number of primary amides is 1. The van der Waals surface area contributed by atoms with Crippen molar-refractivity contribution in [1.29, 1.82) is 0 Å². The van der Waals surface area contributed by atoms with E-state index in [0.29, 0.717) is 12.4 Å². The molecule has 1 rings (SSSR count). The monoisotopic (exact) mass is 287 g/mol. The first-order valence-electron chi connectivity index (χ1n) is 4.91. The molecule has 1 aromatic rings. The minimum Gasteiger partial charge on any atom is -0.370 e. The Morgan fingerprint density at radius 2 is 2.06 bits per heavy atom. The molecule has 4 N–H and O–H groups in total. The lowest BCUT2D eigenvalue weighted by molar-refractivity contribution is -0.117. The summed E-state index contributed by atoms with van der Waals surface area (Å²) in [6.07, 6.45) is 1.72. The van der Waals surface area contributed by atoms with Gasteiger partial charge in [-0.1, -0.05) is 0 Å². The molecule has 0 spiro atoms. The molecule has 6 nitrogen and oxygen atoms in total. The van der Waals surface area contributed by atoms with E-state index in [1.165, 1.54) is 6.33 Å². The van der Waals surface area contributed by atoms with E-state index in [1.54, 1.807) is 0 Å². The fourth-order valence-corrected chi connectivity index (χ4v) is 1.57. The molecule has 0 saturated heterocycles. The highest BCUT2D eigenvalue weighted by Crippen LogP contribution is 2.26. The van der Waals surface area contributed by atoms with Crippen LogP contribution < -0.4 is 16.4 Å². The Kier molecular flexibility index (Phi) is 4.97. The van der Waals surface area contributed by atoms with Crippen molar-refractivity contribution < 1.29 is 4.79 Å². The van der Waals surface area contributed by atoms with Gasteiger partial charge in [0.2, 0.25) is 5.91 Å². The molecular formula is C9H14BrN5O. The van der Waals surface area contributed by atoms with Crippen molar-refractivity contribution in [3.63, 3.8) is 0 Å². The van der Waals surface area contributed by atoms with E-state index in [4.69, 9.17) is 5.73 Å². The number of carbonyl (C=O) groups excluding carboxylic acids is 1. The number of nitrogens with one attached hydrogen (secondary N) is 2. The van der Waals surface area contributed by atoms with E-state index >= 15 is 0 Å². The third-order valence-electron chi connectivity index (χ3n) is 1.80. The van der Waals surface area contributed by atoms with Gasteiger partial charge < -0.3 is 16.4 Å². The first-order chi connectivity index (χ1) is 7.65. The van der Waals surface area contributed by atoms with E-state index in [0.717, 1.165) is 16.8 Å². The van der Waals surface area contributed by atoms with Crippen molar-refractivity contribution >= 4 is 33.5 Å². The summed E-state index contributed by atoms with van der Waals surface area (Å²) in [5.74, 6) is 1.02. The average Bonchev–Trinajstić information content (AvgIpc) is 2.23. The van der Waals surface area contributed by atoms with Crippen molar-refractivity contribution in [2.24, 2.45) is 5.73 Å². The molecular weight excluding hydrogens is 274 g/mol. The van der Waals surface area contributed by atoms with Gasteiger partial charge in [0.05, 0.1) is 0 Å². The quantitative estimate of drug-likeness (QED) is 0.725. The molecule has 16 heavy (non-hydrogen) atoms. The zero-order valence-corrected chi connectivity index (χ0v) is 10.5. The average molecular weight is 288 g/mol. The van der Waals surface area contributed by atoms with Crippen LogP contribution >= 0.6 is 15.9 Å². The van der Waals surface area contributed by atoms with Crippen LogP contribution in [0.4, 0.5) is 11.6 Å². The van der Waals surface area contributed by atoms with Gasteiger partial charge >= 0.3 is 0 Å². The van der Waals surface area contributed by atoms with Crippen LogP contribution in [-0.2, 0) is 4.79 Å². The molecule has 0 radical (unpaired) electrons. The van der Waals surface area contributed by atoms with E-state index in [2.05, 4.69) is 36.5 Å². The molecule has 0 aliphatic rings. The fraction of sp³-hybridized carbons (Fsp3) is 0.444. The summed E-state index contributed by atoms with van der Waals surface area (Å²) in [7, 11) is 0. The Labute approximate surface area is 102 Å². The Bertz CT molecular complexity index is 371. The van der Waals surface area contributed by atoms with E-state index in [1.807, 2.05) is 6.92 Å². The van der Waals surface area contributed by atoms with Gasteiger partial charge in [-0.2, -0.15) is 0 Å². The summed E-state index contributed by atoms with van der Waals surface area (Å²) >= 11 is 3.38. The molecule has 0 aliphatic heterocycles. The molecule has 7 heteroatoms. The van der Waals surface area contributed by atoms with E-state index in [-0.39, 0.29) is 12.3 Å². The molecule has 1 aromatic heterocycles. The van der Waals surface area contributed by atoms with Crippen LogP contribution in [0.2, 0.25) is 0 Å². The van der Waals surface area contributed by atoms with Crippen molar-refractivity contribution in [2.45, 2.75) is 13.3 Å². The minimum atomic E-state index is -0.343. The highest BCUT2D eigenvalue weighted by Gasteiger charge is 2.07. The molecule has 88 valence electrons. The number of anilines is 2. The lowest BCUT2D eigenvalue weighted by Gasteiger charge is -2.09. The first-order valence-corrected chi connectivity index (χ1v) is 5.71. The number of amides is 1. The van der Waals surface area contributed by atoms with Crippen LogP contribution in [0, 0.1) is 0 Å². The lowest BCUT2D eigenvalue weighted by atomic mass is 10.4. The number of rotatable bonds is 6. The maximum absolute atomic E-state index is 10.6. The number of hydrogen-bond donors (Lipinski definition) is 3. The highest BCUT2D eigenvalue weighted by molar-refractivity contribution is 9.10. The van der Waals surface area contributed by atoms with Gasteiger partial charge in [-0.15, -0.1) is 0 Å². The number of carbonyl (C=O) groups is 1. The lowest BCUT2D eigenvalue weighted by Crippen LogP contribution is -2.16. The second-order valence-electron chi connectivity index (χ2n) is 3.06. The molecule has 1 amide bonds. The second kappa shape index (κ2) is 6.26. The largest absolute Gasteiger partial charge is 0.370 e. The Hall–Kier alpha value is -1.37. The maximum atomic E-state index is 10.6. The number of hydrogen-bond acceptors (Lipinski definition) is 5. The molecule has 0 saturated carbocycles. The Morgan fingerprint density at radius 3 is 2.62 bits per heavy atom. The van der Waals surface area contributed by atoms with Crippen LogP contribution in [0.5, 0.6) is 0 Å². The first kappa shape index (κ1) is 12.7. The van der Waals surface area contributed by atoms with Crippen molar-refractivity contribution in [3.05, 3.63) is 10.8 Å². The number of nitrogens with two attached hydrogens (primary N) is 1. The summed E-state index contributed by atoms with van der Waals surface area (Å²) in [5.41, 5.74) is 5.04. The summed E-state index contributed by atoms with van der Waals surface area (Å²) in [6.45, 7) is 3.21. The summed E-state index contributed by atoms with van der Waals surface area (Å²) < 4.78 is 0.751. The molecule has 0 aromatic carbocycles. The minimum absolute atomic E-state index is 0.271. The topological polar surface area (TPSA) is 92.9 Å². The third-order valence-corrected chi connectivity index (χ3v) is 2.55. The number of halogens is 1. The molecule has 1 heterocycles. The van der Waals surface area contributed by atoms with Crippen LogP contribution in [0.25, 0.3) is 0 Å². The third kappa shape index (κ3) is 3.65. The van der Waals surface area contributed by atoms with Crippen molar-refractivity contribution in [1.82, 2.24) is 9.97 Å². The summed E-state index contributed by atoms with van der Waals surface area (Å²) in [4.78, 5) is 18.7. The van der Waals surface area contributed by atoms with Crippen molar-refractivity contribution in [2.75, 3.05) is 23.7 Å².